The average molecular weight is 543 g/mol. The van der Waals surface area contributed by atoms with E-state index >= 15 is 0 Å². The third-order valence-corrected chi connectivity index (χ3v) is 7.54. The second-order valence-electron chi connectivity index (χ2n) is 9.50. The highest BCUT2D eigenvalue weighted by molar-refractivity contribution is 7.80. The number of carboxylic acid groups (broad SMARTS) is 1. The number of benzene rings is 2. The second kappa shape index (κ2) is 10.4. The van der Waals surface area contributed by atoms with Gasteiger partial charge in [0.05, 0.1) is 43.2 Å². The summed E-state index contributed by atoms with van der Waals surface area (Å²) in [6, 6.07) is 18.3. The van der Waals surface area contributed by atoms with Crippen molar-refractivity contribution in [1.82, 2.24) is 14.9 Å². The Morgan fingerprint density at radius 2 is 1.79 bits per heavy atom. The number of aromatic nitrogens is 2. The Morgan fingerprint density at radius 3 is 2.46 bits per heavy atom. The number of hydrogen-bond acceptors (Lipinski definition) is 5. The number of carboxylic acids is 1. The van der Waals surface area contributed by atoms with E-state index in [4.69, 9.17) is 21.7 Å². The van der Waals surface area contributed by atoms with Crippen LogP contribution in [0.25, 0.3) is 5.69 Å². The molecule has 1 fully saturated rings. The predicted octanol–water partition coefficient (Wildman–Crippen LogP) is 5.69. The molecule has 9 heteroatoms. The zero-order valence-corrected chi connectivity index (χ0v) is 23.2. The molecule has 1 saturated heterocycles. The summed E-state index contributed by atoms with van der Waals surface area (Å²) >= 11 is 5.92. The smallest absolute Gasteiger partial charge is 0.335 e. The first kappa shape index (κ1) is 26.2. The maximum Gasteiger partial charge on any atom is 0.335 e. The van der Waals surface area contributed by atoms with Crippen molar-refractivity contribution in [3.8, 4) is 17.2 Å². The maximum atomic E-state index is 11.8. The number of hydrogen-bond donors (Lipinski definition) is 2. The summed E-state index contributed by atoms with van der Waals surface area (Å²) in [7, 11) is 3.24. The van der Waals surface area contributed by atoms with Crippen LogP contribution in [0.1, 0.15) is 50.7 Å². The molecule has 4 aromatic rings. The van der Waals surface area contributed by atoms with E-state index in [1.807, 2.05) is 56.3 Å². The quantitative estimate of drug-likeness (QED) is 0.288. The van der Waals surface area contributed by atoms with Gasteiger partial charge in [0.25, 0.3) is 0 Å². The van der Waals surface area contributed by atoms with Crippen molar-refractivity contribution in [3.63, 3.8) is 0 Å². The van der Waals surface area contributed by atoms with Gasteiger partial charge in [-0.1, -0.05) is 12.1 Å². The van der Waals surface area contributed by atoms with Crippen molar-refractivity contribution < 1.29 is 19.4 Å². The van der Waals surface area contributed by atoms with Crippen LogP contribution in [0, 0.1) is 20.8 Å². The number of aryl methyl sites for hydroxylation is 2. The van der Waals surface area contributed by atoms with Crippen molar-refractivity contribution in [2.45, 2.75) is 32.9 Å². The monoisotopic (exact) mass is 542 g/mol. The van der Waals surface area contributed by atoms with Gasteiger partial charge in [-0.15, -0.1) is 0 Å². The van der Waals surface area contributed by atoms with E-state index in [1.54, 1.807) is 32.5 Å². The van der Waals surface area contributed by atoms with Crippen molar-refractivity contribution in [2.24, 2.45) is 0 Å². The van der Waals surface area contributed by atoms with E-state index in [0.717, 1.165) is 39.6 Å². The molecule has 2 aromatic heterocycles. The highest BCUT2D eigenvalue weighted by Crippen LogP contribution is 2.47. The SMILES string of the molecule is COc1ccc(N2C(=S)N[C@H](c3ccccn3)[C@@H]2c2cc(C)n(-c3cc(C(=O)O)ccc3C)c2C)c(OC)c1. The van der Waals surface area contributed by atoms with Crippen LogP contribution in [0.3, 0.4) is 0 Å². The summed E-state index contributed by atoms with van der Waals surface area (Å²) in [5.74, 6) is 0.347. The Kier molecular flexibility index (Phi) is 7.01. The summed E-state index contributed by atoms with van der Waals surface area (Å²) in [6.07, 6.45) is 1.78. The van der Waals surface area contributed by atoms with Crippen molar-refractivity contribution in [3.05, 3.63) is 101 Å². The number of ether oxygens (including phenoxy) is 2. The highest BCUT2D eigenvalue weighted by Gasteiger charge is 2.43. The summed E-state index contributed by atoms with van der Waals surface area (Å²) in [5, 5.41) is 13.7. The lowest BCUT2D eigenvalue weighted by Gasteiger charge is -2.29. The van der Waals surface area contributed by atoms with E-state index in [0.29, 0.717) is 16.6 Å². The summed E-state index contributed by atoms with van der Waals surface area (Å²) in [4.78, 5) is 18.5. The molecule has 39 heavy (non-hydrogen) atoms. The predicted molar refractivity (Wildman–Crippen MR) is 154 cm³/mol. The van der Waals surface area contributed by atoms with Crippen LogP contribution < -0.4 is 19.7 Å². The molecule has 2 aromatic carbocycles. The van der Waals surface area contributed by atoms with Gasteiger partial charge in [-0.2, -0.15) is 0 Å². The fourth-order valence-electron chi connectivity index (χ4n) is 5.36. The molecule has 0 spiro atoms. The Bertz CT molecular complexity index is 1570. The lowest BCUT2D eigenvalue weighted by atomic mass is 9.96. The van der Waals surface area contributed by atoms with E-state index in [-0.39, 0.29) is 17.6 Å². The van der Waals surface area contributed by atoms with Crippen molar-refractivity contribution >= 4 is 29.0 Å². The zero-order chi connectivity index (χ0) is 27.8. The van der Waals surface area contributed by atoms with Crippen LogP contribution in [0.15, 0.2) is 66.9 Å². The number of methoxy groups -OCH3 is 2. The van der Waals surface area contributed by atoms with E-state index in [1.165, 1.54) is 0 Å². The molecular weight excluding hydrogens is 512 g/mol. The number of nitrogens with zero attached hydrogens (tertiary/aromatic N) is 3. The fraction of sp³-hybridized carbons (Fsp3) is 0.233. The van der Waals surface area contributed by atoms with Gasteiger partial charge in [0.15, 0.2) is 5.11 Å². The van der Waals surface area contributed by atoms with Gasteiger partial charge in [0.2, 0.25) is 0 Å². The summed E-state index contributed by atoms with van der Waals surface area (Å²) in [5.41, 5.74) is 6.69. The maximum absolute atomic E-state index is 11.8. The molecule has 1 aliphatic rings. The molecule has 0 saturated carbocycles. The largest absolute Gasteiger partial charge is 0.497 e. The molecule has 3 heterocycles. The van der Waals surface area contributed by atoms with Gasteiger partial charge in [0, 0.05) is 29.3 Å². The van der Waals surface area contributed by atoms with Crippen LogP contribution in [0.4, 0.5) is 5.69 Å². The molecule has 2 atom stereocenters. The van der Waals surface area contributed by atoms with Crippen LogP contribution in [0.2, 0.25) is 0 Å². The lowest BCUT2D eigenvalue weighted by molar-refractivity contribution is 0.0697. The summed E-state index contributed by atoms with van der Waals surface area (Å²) in [6.45, 7) is 6.06. The first-order chi connectivity index (χ1) is 18.7. The molecule has 0 aliphatic carbocycles. The lowest BCUT2D eigenvalue weighted by Crippen LogP contribution is -2.30. The molecular formula is C30H30N4O4S. The first-order valence-corrected chi connectivity index (χ1v) is 12.9. The number of rotatable bonds is 7. The van der Waals surface area contributed by atoms with Crippen LogP contribution in [0.5, 0.6) is 11.5 Å². The van der Waals surface area contributed by atoms with E-state index in [9.17, 15) is 9.90 Å². The fourth-order valence-corrected chi connectivity index (χ4v) is 5.69. The second-order valence-corrected chi connectivity index (χ2v) is 9.89. The Balaban J connectivity index is 1.72. The standard InChI is InChI=1S/C30H30N4O4S/c1-17-9-10-20(29(35)36)15-25(17)33-18(2)14-22(19(33)3)28-27(23-8-6-7-13-31-23)32-30(39)34(28)24-12-11-21(37-4)16-26(24)38-5/h6-16,27-28H,1-5H3,(H,32,39)(H,35,36)/t27-,28+/m1/s1. The first-order valence-electron chi connectivity index (χ1n) is 12.5. The van der Waals surface area contributed by atoms with Gasteiger partial charge in [0.1, 0.15) is 11.5 Å². The van der Waals surface area contributed by atoms with Crippen LogP contribution >= 0.6 is 12.2 Å². The molecule has 0 radical (unpaired) electrons. The zero-order valence-electron chi connectivity index (χ0n) is 22.4. The number of anilines is 1. The van der Waals surface area contributed by atoms with Gasteiger partial charge >= 0.3 is 5.97 Å². The van der Waals surface area contributed by atoms with Crippen LogP contribution in [-0.4, -0.2) is 40.0 Å². The molecule has 200 valence electrons. The van der Waals surface area contributed by atoms with Gasteiger partial charge in [-0.3, -0.25) is 4.98 Å². The molecule has 0 bridgehead atoms. The third kappa shape index (κ3) is 4.59. The van der Waals surface area contributed by atoms with Crippen molar-refractivity contribution in [2.75, 3.05) is 19.1 Å². The van der Waals surface area contributed by atoms with Gasteiger partial charge in [-0.05, 0) is 86.6 Å². The molecule has 8 nitrogen and oxygen atoms in total. The van der Waals surface area contributed by atoms with Gasteiger partial charge < -0.3 is 29.4 Å². The summed E-state index contributed by atoms with van der Waals surface area (Å²) < 4.78 is 13.3. The number of aromatic carboxylic acids is 1. The molecule has 1 aliphatic heterocycles. The minimum absolute atomic E-state index is 0.240. The normalized spacial score (nSPS) is 16.7. The molecule has 2 N–H and O–H groups in total. The number of thiocarbonyl (C=S) groups is 1. The topological polar surface area (TPSA) is 88.9 Å². The Morgan fingerprint density at radius 1 is 1.00 bits per heavy atom. The van der Waals surface area contributed by atoms with E-state index in [2.05, 4.69) is 32.8 Å². The minimum atomic E-state index is -0.961. The number of pyridine rings is 1. The average Bonchev–Trinajstić information content (AvgIpc) is 3.43. The van der Waals surface area contributed by atoms with Crippen LogP contribution in [-0.2, 0) is 0 Å². The van der Waals surface area contributed by atoms with Gasteiger partial charge in [-0.25, -0.2) is 4.79 Å². The Labute approximate surface area is 232 Å². The number of nitrogens with one attached hydrogen (secondary N) is 1. The number of carbonyl (C=O) groups is 1. The molecule has 0 unspecified atom stereocenters. The molecule has 0 amide bonds. The van der Waals surface area contributed by atoms with E-state index < -0.39 is 5.97 Å². The molecule has 5 rings (SSSR count). The third-order valence-electron chi connectivity index (χ3n) is 7.23. The highest BCUT2D eigenvalue weighted by atomic mass is 32.1. The minimum Gasteiger partial charge on any atom is -0.497 e. The van der Waals surface area contributed by atoms with Crippen molar-refractivity contribution in [1.29, 1.82) is 0 Å². The Hall–Kier alpha value is -4.37.